The van der Waals surface area contributed by atoms with E-state index in [0.29, 0.717) is 10.2 Å². The molecule has 0 saturated carbocycles. The topological polar surface area (TPSA) is 90.0 Å². The molecule has 0 fully saturated rings. The third-order valence-corrected chi connectivity index (χ3v) is 4.85. The highest BCUT2D eigenvalue weighted by Gasteiger charge is 2.17. The fourth-order valence-corrected chi connectivity index (χ4v) is 3.67. The highest BCUT2D eigenvalue weighted by Crippen LogP contribution is 2.24. The molecule has 0 spiro atoms. The van der Waals surface area contributed by atoms with Crippen LogP contribution < -0.4 is 10.5 Å². The lowest BCUT2D eigenvalue weighted by Gasteiger charge is -2.08. The Hall–Kier alpha value is -1.38. The quantitative estimate of drug-likeness (QED) is 0.816. The van der Waals surface area contributed by atoms with Crippen LogP contribution in [0.15, 0.2) is 40.0 Å². The van der Waals surface area contributed by atoms with Crippen molar-refractivity contribution in [1.29, 1.82) is 0 Å². The number of nitrogens with one attached hydrogen (secondary N) is 1. The Morgan fingerprint density at radius 3 is 2.79 bits per heavy atom. The standard InChI is InChI=1S/C11H13BrN4O2S/c1-16-7-8(5-14-16)6-15-19(17,18)11-3-2-9(13)4-10(11)12/h2-5,7,15H,6,13H2,1H3. The number of benzene rings is 1. The Labute approximate surface area is 119 Å². The number of hydrogen-bond donors (Lipinski definition) is 2. The van der Waals surface area contributed by atoms with Crippen LogP contribution in [0, 0.1) is 0 Å². The van der Waals surface area contributed by atoms with Gasteiger partial charge in [-0.05, 0) is 34.1 Å². The van der Waals surface area contributed by atoms with Crippen LogP contribution in [0.25, 0.3) is 0 Å². The molecule has 19 heavy (non-hydrogen) atoms. The number of hydrogen-bond acceptors (Lipinski definition) is 4. The molecule has 0 aliphatic heterocycles. The van der Waals surface area contributed by atoms with Gasteiger partial charge in [0.05, 0.1) is 11.1 Å². The summed E-state index contributed by atoms with van der Waals surface area (Å²) in [6, 6.07) is 4.56. The average molecular weight is 345 g/mol. The molecule has 0 radical (unpaired) electrons. The van der Waals surface area contributed by atoms with E-state index in [1.165, 1.54) is 6.07 Å². The third-order valence-electron chi connectivity index (χ3n) is 2.47. The third kappa shape index (κ3) is 3.34. The van der Waals surface area contributed by atoms with E-state index in [1.54, 1.807) is 36.3 Å². The van der Waals surface area contributed by atoms with Crippen molar-refractivity contribution in [2.75, 3.05) is 5.73 Å². The van der Waals surface area contributed by atoms with Gasteiger partial charge in [0.25, 0.3) is 0 Å². The monoisotopic (exact) mass is 344 g/mol. The molecule has 0 bridgehead atoms. The fraction of sp³-hybridized carbons (Fsp3) is 0.182. The first kappa shape index (κ1) is 14.0. The van der Waals surface area contributed by atoms with Gasteiger partial charge in [0.2, 0.25) is 10.0 Å². The molecule has 3 N–H and O–H groups in total. The van der Waals surface area contributed by atoms with Crippen LogP contribution >= 0.6 is 15.9 Å². The summed E-state index contributed by atoms with van der Waals surface area (Å²) >= 11 is 3.20. The van der Waals surface area contributed by atoms with E-state index < -0.39 is 10.0 Å². The maximum atomic E-state index is 12.1. The molecule has 0 aliphatic carbocycles. The minimum atomic E-state index is -3.59. The van der Waals surface area contributed by atoms with Crippen LogP contribution in [0.2, 0.25) is 0 Å². The fourth-order valence-electron chi connectivity index (χ4n) is 1.55. The van der Waals surface area contributed by atoms with Gasteiger partial charge in [-0.2, -0.15) is 5.10 Å². The van der Waals surface area contributed by atoms with Gasteiger partial charge in [-0.15, -0.1) is 0 Å². The first-order chi connectivity index (χ1) is 8.88. The number of halogens is 1. The Bertz CT molecular complexity index is 696. The van der Waals surface area contributed by atoms with Gasteiger partial charge in [0, 0.05) is 35.5 Å². The van der Waals surface area contributed by atoms with E-state index in [4.69, 9.17) is 5.73 Å². The van der Waals surface area contributed by atoms with Gasteiger partial charge in [-0.3, -0.25) is 4.68 Å². The van der Waals surface area contributed by atoms with E-state index in [0.717, 1.165) is 5.56 Å². The summed E-state index contributed by atoms with van der Waals surface area (Å²) in [5.74, 6) is 0. The molecule has 6 nitrogen and oxygen atoms in total. The molecule has 0 saturated heterocycles. The average Bonchev–Trinajstić information content (AvgIpc) is 2.72. The molecule has 0 aliphatic rings. The number of nitrogens with zero attached hydrogens (tertiary/aromatic N) is 2. The largest absolute Gasteiger partial charge is 0.399 e. The molecule has 1 heterocycles. The molecule has 102 valence electrons. The lowest BCUT2D eigenvalue weighted by atomic mass is 10.3. The number of aromatic nitrogens is 2. The second-order valence-electron chi connectivity index (χ2n) is 4.04. The Morgan fingerprint density at radius 1 is 1.47 bits per heavy atom. The molecule has 8 heteroatoms. The van der Waals surface area contributed by atoms with Gasteiger partial charge in [-0.25, -0.2) is 13.1 Å². The highest BCUT2D eigenvalue weighted by molar-refractivity contribution is 9.10. The molecule has 0 amide bonds. The van der Waals surface area contributed by atoms with Crippen molar-refractivity contribution < 1.29 is 8.42 Å². The minimum absolute atomic E-state index is 0.158. The van der Waals surface area contributed by atoms with Crippen molar-refractivity contribution in [1.82, 2.24) is 14.5 Å². The first-order valence-electron chi connectivity index (χ1n) is 5.41. The van der Waals surface area contributed by atoms with Crippen molar-refractivity contribution in [2.24, 2.45) is 7.05 Å². The SMILES string of the molecule is Cn1cc(CNS(=O)(=O)c2ccc(N)cc2Br)cn1. The molecule has 0 unspecified atom stereocenters. The number of nitrogen functional groups attached to an aromatic ring is 1. The van der Waals surface area contributed by atoms with Crippen LogP contribution in [-0.2, 0) is 23.6 Å². The van der Waals surface area contributed by atoms with Gasteiger partial charge in [-0.1, -0.05) is 0 Å². The maximum absolute atomic E-state index is 12.1. The molecule has 0 atom stereocenters. The zero-order chi connectivity index (χ0) is 14.0. The minimum Gasteiger partial charge on any atom is -0.399 e. The number of aryl methyl sites for hydroxylation is 1. The molecule has 2 rings (SSSR count). The summed E-state index contributed by atoms with van der Waals surface area (Å²) in [5.41, 5.74) is 6.87. The lowest BCUT2D eigenvalue weighted by Crippen LogP contribution is -2.23. The number of anilines is 1. The lowest BCUT2D eigenvalue weighted by molar-refractivity contribution is 0.581. The second kappa shape index (κ2) is 5.32. The van der Waals surface area contributed by atoms with Crippen LogP contribution in [0.3, 0.4) is 0 Å². The van der Waals surface area contributed by atoms with E-state index >= 15 is 0 Å². The van der Waals surface area contributed by atoms with Crippen LogP contribution in [-0.4, -0.2) is 18.2 Å². The first-order valence-corrected chi connectivity index (χ1v) is 7.68. The normalized spacial score (nSPS) is 11.7. The maximum Gasteiger partial charge on any atom is 0.241 e. The van der Waals surface area contributed by atoms with E-state index in [9.17, 15) is 8.42 Å². The van der Waals surface area contributed by atoms with E-state index in [-0.39, 0.29) is 11.4 Å². The zero-order valence-corrected chi connectivity index (χ0v) is 12.6. The Kier molecular flexibility index (Phi) is 3.93. The molecule has 1 aromatic carbocycles. The predicted molar refractivity (Wildman–Crippen MR) is 75.8 cm³/mol. The van der Waals surface area contributed by atoms with Crippen molar-refractivity contribution in [3.63, 3.8) is 0 Å². The van der Waals surface area contributed by atoms with Gasteiger partial charge < -0.3 is 5.73 Å². The number of sulfonamides is 1. The Morgan fingerprint density at radius 2 is 2.21 bits per heavy atom. The molecule has 2 aromatic rings. The predicted octanol–water partition coefficient (Wildman–Crippen LogP) is 1.24. The molecule has 1 aromatic heterocycles. The van der Waals surface area contributed by atoms with Crippen molar-refractivity contribution in [3.05, 3.63) is 40.6 Å². The summed E-state index contributed by atoms with van der Waals surface area (Å²) in [7, 11) is -1.81. The van der Waals surface area contributed by atoms with Crippen LogP contribution in [0.5, 0.6) is 0 Å². The van der Waals surface area contributed by atoms with E-state index in [2.05, 4.69) is 25.8 Å². The number of rotatable bonds is 4. The molecular formula is C11H13BrN4O2S. The van der Waals surface area contributed by atoms with Crippen molar-refractivity contribution in [3.8, 4) is 0 Å². The summed E-state index contributed by atoms with van der Waals surface area (Å²) in [6.07, 6.45) is 3.36. The molecular weight excluding hydrogens is 332 g/mol. The van der Waals surface area contributed by atoms with Crippen molar-refractivity contribution >= 4 is 31.6 Å². The summed E-state index contributed by atoms with van der Waals surface area (Å²) in [4.78, 5) is 0.158. The van der Waals surface area contributed by atoms with Gasteiger partial charge >= 0.3 is 0 Å². The van der Waals surface area contributed by atoms with Crippen molar-refractivity contribution in [2.45, 2.75) is 11.4 Å². The van der Waals surface area contributed by atoms with E-state index in [1.807, 2.05) is 0 Å². The summed E-state index contributed by atoms with van der Waals surface area (Å²) in [6.45, 7) is 0.187. The summed E-state index contributed by atoms with van der Waals surface area (Å²) in [5, 5.41) is 3.98. The van der Waals surface area contributed by atoms with Gasteiger partial charge in [0.15, 0.2) is 0 Å². The highest BCUT2D eigenvalue weighted by atomic mass is 79.9. The van der Waals surface area contributed by atoms with Gasteiger partial charge in [0.1, 0.15) is 0 Å². The Balaban J connectivity index is 2.18. The zero-order valence-electron chi connectivity index (χ0n) is 10.2. The number of nitrogens with two attached hydrogens (primary N) is 1. The second-order valence-corrected chi connectivity index (χ2v) is 6.63. The summed E-state index contributed by atoms with van der Waals surface area (Å²) < 4.78 is 28.8. The van der Waals surface area contributed by atoms with Crippen LogP contribution in [0.4, 0.5) is 5.69 Å². The van der Waals surface area contributed by atoms with Crippen LogP contribution in [0.1, 0.15) is 5.56 Å². The smallest absolute Gasteiger partial charge is 0.241 e.